The minimum Gasteiger partial charge on any atom is -0.507 e. The first-order chi connectivity index (χ1) is 42.5. The number of aromatic nitrogens is 8. The van der Waals surface area contributed by atoms with Crippen LogP contribution in [0.5, 0.6) is 17.2 Å². The van der Waals surface area contributed by atoms with Crippen LogP contribution in [0.25, 0.3) is 90.3 Å². The fourth-order valence-corrected chi connectivity index (χ4v) is 12.0. The van der Waals surface area contributed by atoms with Gasteiger partial charge in [0, 0.05) is 72.5 Å². The second kappa shape index (κ2) is 22.3. The van der Waals surface area contributed by atoms with Crippen molar-refractivity contribution >= 4 is 52.4 Å². The standard InChI is InChI=1S/C69H54N12O6/c70-63-52(8-5-31-72-63)65-76-58-30-28-57(75-68(58)80(65)50-21-11-41(12-22-50)33-78-34-48-36-79(37-49(48)35-78)69(86)46-19-20-47(38-82)61(85)32-46)45-17-15-44(16-18-45)55-26-25-53(64(71)73-55)66-77-59-29-27-56(43-6-2-1-3-7-43)74-67(59)81(66)51-23-13-42(14-24-51)40-87-62-10-4-9-60(84)54(62)39-83/h1-32,38-39,48-49,84-85H,33-37,40H2,(H2,70,72)(H2,71,73)/t48-,49?/m0/s1. The number of fused-ring (bicyclic) bond motifs is 3. The van der Waals surface area contributed by atoms with Crippen LogP contribution in [-0.4, -0.2) is 104 Å². The first kappa shape index (κ1) is 53.6. The van der Waals surface area contributed by atoms with Crippen molar-refractivity contribution in [2.75, 3.05) is 37.6 Å². The molecule has 1 amide bonds. The lowest BCUT2D eigenvalue weighted by molar-refractivity contribution is 0.0772. The Morgan fingerprint density at radius 1 is 0.540 bits per heavy atom. The molecule has 0 spiro atoms. The summed E-state index contributed by atoms with van der Waals surface area (Å²) < 4.78 is 9.97. The Labute approximate surface area is 498 Å². The Hall–Kier alpha value is -11.4. The van der Waals surface area contributed by atoms with E-state index in [0.717, 1.165) is 70.2 Å². The molecule has 2 fully saturated rings. The Morgan fingerprint density at radius 3 is 1.71 bits per heavy atom. The number of phenols is 2. The molecule has 426 valence electrons. The number of phenolic OH excluding ortho intramolecular Hbond substituents is 2. The molecule has 2 aliphatic rings. The molecule has 14 rings (SSSR count). The molecule has 6 aromatic heterocycles. The van der Waals surface area contributed by atoms with E-state index in [1.54, 1.807) is 24.4 Å². The fourth-order valence-electron chi connectivity index (χ4n) is 12.0. The quantitative estimate of drug-likeness (QED) is 0.0697. The molecule has 1 unspecified atom stereocenters. The van der Waals surface area contributed by atoms with E-state index in [2.05, 4.69) is 34.1 Å². The Kier molecular flexibility index (Phi) is 13.8. The maximum Gasteiger partial charge on any atom is 0.254 e. The predicted molar refractivity (Wildman–Crippen MR) is 332 cm³/mol. The average Bonchev–Trinajstić information content (AvgIpc) is 1.75. The summed E-state index contributed by atoms with van der Waals surface area (Å²) in [4.78, 5) is 70.5. The number of carbonyl (C=O) groups is 3. The summed E-state index contributed by atoms with van der Waals surface area (Å²) in [6.07, 6.45) is 2.81. The van der Waals surface area contributed by atoms with Crippen LogP contribution in [0.15, 0.2) is 194 Å². The molecule has 6 N–H and O–H groups in total. The maximum absolute atomic E-state index is 13.4. The van der Waals surface area contributed by atoms with Gasteiger partial charge in [0.1, 0.15) is 46.5 Å². The summed E-state index contributed by atoms with van der Waals surface area (Å²) in [7, 11) is 0. The van der Waals surface area contributed by atoms with Gasteiger partial charge in [-0.3, -0.25) is 28.4 Å². The van der Waals surface area contributed by atoms with Crippen LogP contribution in [0, 0.1) is 11.8 Å². The highest BCUT2D eigenvalue weighted by molar-refractivity contribution is 5.96. The predicted octanol–water partition coefficient (Wildman–Crippen LogP) is 11.3. The molecule has 0 radical (unpaired) electrons. The lowest BCUT2D eigenvalue weighted by atomic mass is 10.0. The lowest BCUT2D eigenvalue weighted by Gasteiger charge is -2.22. The number of ether oxygens (including phenoxy) is 1. The van der Waals surface area contributed by atoms with Crippen molar-refractivity contribution in [2.24, 2.45) is 11.8 Å². The van der Waals surface area contributed by atoms with Crippen LogP contribution in [0.1, 0.15) is 42.2 Å². The Balaban J connectivity index is 0.717. The minimum absolute atomic E-state index is 0.0913. The zero-order valence-corrected chi connectivity index (χ0v) is 46.7. The SMILES string of the molecule is Nc1ncccc1-c1nc2ccc(-c3ccc(-c4ccc(-c5nc6ccc(-c7ccccc7)nc6n5-c5ccc(COc6cccc(O)c6C=O)cc5)c(N)n4)cc3)nc2n1-c1ccc(CN2CC3CN(C(=O)c4ccc(C=O)c(O)c4)C[C@@H]3C2)cc1. The summed E-state index contributed by atoms with van der Waals surface area (Å²) in [6.45, 7) is 3.91. The lowest BCUT2D eigenvalue weighted by Crippen LogP contribution is -2.33. The number of anilines is 2. The van der Waals surface area contributed by atoms with Crippen LogP contribution < -0.4 is 16.2 Å². The number of nitrogen functional groups attached to an aromatic ring is 2. The first-order valence-electron chi connectivity index (χ1n) is 28.4. The minimum atomic E-state index is -0.190. The van der Waals surface area contributed by atoms with Crippen LogP contribution in [-0.2, 0) is 13.2 Å². The largest absolute Gasteiger partial charge is 0.507 e. The van der Waals surface area contributed by atoms with Gasteiger partial charge in [-0.2, -0.15) is 0 Å². The second-order valence-corrected chi connectivity index (χ2v) is 21.9. The number of rotatable bonds is 15. The van der Waals surface area contributed by atoms with Crippen LogP contribution in [0.2, 0.25) is 0 Å². The van der Waals surface area contributed by atoms with Crippen molar-refractivity contribution in [3.63, 3.8) is 0 Å². The molecule has 12 aromatic rings. The van der Waals surface area contributed by atoms with E-state index in [9.17, 15) is 24.6 Å². The number of aldehydes is 2. The number of aromatic hydroxyl groups is 2. The van der Waals surface area contributed by atoms with Gasteiger partial charge in [-0.05, 0) is 126 Å². The van der Waals surface area contributed by atoms with Crippen LogP contribution in [0.3, 0.4) is 0 Å². The van der Waals surface area contributed by atoms with E-state index < -0.39 is 0 Å². The summed E-state index contributed by atoms with van der Waals surface area (Å²) in [5.74, 6) is 2.29. The molecular formula is C69H54N12O6. The molecule has 18 heteroatoms. The molecule has 6 aromatic carbocycles. The van der Waals surface area contributed by atoms with Gasteiger partial charge in [0.25, 0.3) is 5.91 Å². The number of nitrogens with zero attached hydrogens (tertiary/aromatic N) is 10. The van der Waals surface area contributed by atoms with E-state index in [1.807, 2.05) is 141 Å². The molecule has 0 aliphatic carbocycles. The van der Waals surface area contributed by atoms with Crippen molar-refractivity contribution in [3.05, 3.63) is 222 Å². The number of imidazole rings is 2. The number of amides is 1. The highest BCUT2D eigenvalue weighted by Crippen LogP contribution is 2.38. The number of carbonyl (C=O) groups excluding carboxylic acids is 3. The van der Waals surface area contributed by atoms with Gasteiger partial charge < -0.3 is 31.3 Å². The number of hydrogen-bond acceptors (Lipinski definition) is 15. The van der Waals surface area contributed by atoms with Gasteiger partial charge in [0.2, 0.25) is 0 Å². The second-order valence-electron chi connectivity index (χ2n) is 21.9. The monoisotopic (exact) mass is 1150 g/mol. The molecule has 2 aliphatic heterocycles. The smallest absolute Gasteiger partial charge is 0.254 e. The summed E-state index contributed by atoms with van der Waals surface area (Å²) in [6, 6.07) is 58.8. The van der Waals surface area contributed by atoms with Crippen molar-refractivity contribution < 1.29 is 29.3 Å². The molecular weight excluding hydrogens is 1090 g/mol. The zero-order valence-electron chi connectivity index (χ0n) is 46.7. The van der Waals surface area contributed by atoms with Crippen molar-refractivity contribution in [1.29, 1.82) is 0 Å². The number of nitrogens with two attached hydrogens (primary N) is 2. The maximum atomic E-state index is 13.4. The summed E-state index contributed by atoms with van der Waals surface area (Å²) in [5, 5.41) is 20.4. The van der Waals surface area contributed by atoms with Gasteiger partial charge in [-0.1, -0.05) is 84.9 Å². The number of benzene rings is 6. The number of hydrogen-bond donors (Lipinski definition) is 4. The van der Waals surface area contributed by atoms with Crippen LogP contribution >= 0.6 is 0 Å². The average molecular weight is 1150 g/mol. The summed E-state index contributed by atoms with van der Waals surface area (Å²) >= 11 is 0. The fraction of sp³-hybridized carbons (Fsp3) is 0.116. The highest BCUT2D eigenvalue weighted by Gasteiger charge is 2.42. The number of pyridine rings is 4. The molecule has 18 nitrogen and oxygen atoms in total. The molecule has 2 saturated heterocycles. The third kappa shape index (κ3) is 10.2. The molecule has 8 heterocycles. The summed E-state index contributed by atoms with van der Waals surface area (Å²) in [5.41, 5.74) is 26.5. The van der Waals surface area contributed by atoms with Gasteiger partial charge in [0.05, 0.1) is 39.3 Å². The zero-order chi connectivity index (χ0) is 59.3. The van der Waals surface area contributed by atoms with E-state index >= 15 is 0 Å². The van der Waals surface area contributed by atoms with Crippen molar-refractivity contribution in [2.45, 2.75) is 13.2 Å². The van der Waals surface area contributed by atoms with E-state index in [1.165, 1.54) is 18.2 Å². The topological polar surface area (TPSA) is 247 Å². The first-order valence-corrected chi connectivity index (χ1v) is 28.4. The normalized spacial score (nSPS) is 14.8. The Morgan fingerprint density at radius 2 is 1.13 bits per heavy atom. The van der Waals surface area contributed by atoms with E-state index in [4.69, 9.17) is 41.1 Å². The third-order valence-corrected chi connectivity index (χ3v) is 16.4. The van der Waals surface area contributed by atoms with Gasteiger partial charge in [0.15, 0.2) is 35.5 Å². The third-order valence-electron chi connectivity index (χ3n) is 16.4. The number of likely N-dealkylation sites (tertiary alicyclic amines) is 2. The van der Waals surface area contributed by atoms with Crippen molar-refractivity contribution in [1.82, 2.24) is 48.8 Å². The van der Waals surface area contributed by atoms with Gasteiger partial charge in [-0.25, -0.2) is 29.9 Å². The van der Waals surface area contributed by atoms with Crippen LogP contribution in [0.4, 0.5) is 11.6 Å². The molecule has 87 heavy (non-hydrogen) atoms. The molecule has 2 atom stereocenters. The highest BCUT2D eigenvalue weighted by atomic mass is 16.5. The van der Waals surface area contributed by atoms with E-state index in [-0.39, 0.29) is 46.7 Å². The molecule has 0 bridgehead atoms. The molecule has 0 saturated carbocycles. The van der Waals surface area contributed by atoms with Gasteiger partial charge in [-0.15, -0.1) is 0 Å². The Bertz CT molecular complexity index is 4630. The van der Waals surface area contributed by atoms with E-state index in [0.29, 0.717) is 99.7 Å². The van der Waals surface area contributed by atoms with Gasteiger partial charge >= 0.3 is 0 Å². The van der Waals surface area contributed by atoms with Crippen molar-refractivity contribution in [3.8, 4) is 85.2 Å².